The topological polar surface area (TPSA) is 35.8 Å². The third kappa shape index (κ3) is 2.89. The Bertz CT molecular complexity index is 657. The molecule has 0 amide bonds. The van der Waals surface area contributed by atoms with Gasteiger partial charge in [-0.2, -0.15) is 5.26 Å². The van der Waals surface area contributed by atoms with Gasteiger partial charge in [0, 0.05) is 5.02 Å². The van der Waals surface area contributed by atoms with Gasteiger partial charge in [-0.15, -0.1) is 0 Å². The molecule has 0 saturated heterocycles. The van der Waals surface area contributed by atoms with Crippen LogP contribution >= 0.6 is 11.6 Å². The smallest absolute Gasteiger partial charge is 0.150 e. The molecule has 0 fully saturated rings. The summed E-state index contributed by atoms with van der Waals surface area (Å²) in [6, 6.07) is 10.4. The van der Waals surface area contributed by atoms with Crippen molar-refractivity contribution in [1.29, 1.82) is 5.26 Å². The van der Waals surface area contributed by atoms with Crippen LogP contribution in [-0.2, 0) is 0 Å². The minimum Gasteiger partial charge on any atom is -0.374 e. The van der Waals surface area contributed by atoms with Gasteiger partial charge in [0.25, 0.3) is 0 Å². The lowest BCUT2D eigenvalue weighted by atomic mass is 10.1. The Morgan fingerprint density at radius 1 is 1.20 bits per heavy atom. The van der Waals surface area contributed by atoms with Crippen molar-refractivity contribution >= 4 is 17.3 Å². The van der Waals surface area contributed by atoms with Crippen LogP contribution in [-0.4, -0.2) is 0 Å². The summed E-state index contributed by atoms with van der Waals surface area (Å²) in [5.74, 6) is -1.61. The predicted octanol–water partition coefficient (Wildman–Crippen LogP) is 4.66. The Morgan fingerprint density at radius 3 is 2.35 bits per heavy atom. The van der Waals surface area contributed by atoms with Gasteiger partial charge in [-0.25, -0.2) is 8.78 Å². The van der Waals surface area contributed by atoms with Crippen molar-refractivity contribution in [2.75, 3.05) is 5.32 Å². The number of halogens is 3. The van der Waals surface area contributed by atoms with E-state index >= 15 is 0 Å². The average molecular weight is 293 g/mol. The van der Waals surface area contributed by atoms with Gasteiger partial charge in [0.2, 0.25) is 0 Å². The van der Waals surface area contributed by atoms with Crippen LogP contribution in [0.25, 0.3) is 0 Å². The first-order chi connectivity index (χ1) is 9.52. The van der Waals surface area contributed by atoms with Crippen LogP contribution in [0.2, 0.25) is 5.02 Å². The van der Waals surface area contributed by atoms with Gasteiger partial charge >= 0.3 is 0 Å². The normalized spacial score (nSPS) is 11.8. The van der Waals surface area contributed by atoms with Crippen molar-refractivity contribution in [2.45, 2.75) is 13.0 Å². The molecule has 0 spiro atoms. The Kier molecular flexibility index (Phi) is 4.21. The van der Waals surface area contributed by atoms with Gasteiger partial charge < -0.3 is 5.32 Å². The van der Waals surface area contributed by atoms with Crippen LogP contribution in [0.3, 0.4) is 0 Å². The molecule has 2 aromatic rings. The van der Waals surface area contributed by atoms with E-state index in [1.54, 1.807) is 37.3 Å². The maximum atomic E-state index is 13.8. The third-order valence-corrected chi connectivity index (χ3v) is 3.25. The fourth-order valence-electron chi connectivity index (χ4n) is 1.90. The van der Waals surface area contributed by atoms with E-state index < -0.39 is 11.6 Å². The lowest BCUT2D eigenvalue weighted by molar-refractivity contribution is 0.584. The summed E-state index contributed by atoms with van der Waals surface area (Å²) in [6.07, 6.45) is 0. The van der Waals surface area contributed by atoms with Crippen LogP contribution in [0.1, 0.15) is 24.1 Å². The first-order valence-electron chi connectivity index (χ1n) is 5.93. The highest BCUT2D eigenvalue weighted by molar-refractivity contribution is 6.31. The Labute approximate surface area is 120 Å². The second-order valence-corrected chi connectivity index (χ2v) is 4.72. The van der Waals surface area contributed by atoms with E-state index in [4.69, 9.17) is 16.9 Å². The first-order valence-corrected chi connectivity index (χ1v) is 6.31. The molecule has 0 saturated carbocycles. The number of rotatable bonds is 3. The van der Waals surface area contributed by atoms with Gasteiger partial charge in [0.15, 0.2) is 11.6 Å². The minimum absolute atomic E-state index is 0.0593. The highest BCUT2D eigenvalue weighted by Gasteiger charge is 2.15. The predicted molar refractivity (Wildman–Crippen MR) is 74.6 cm³/mol. The Hall–Kier alpha value is -2.12. The highest BCUT2D eigenvalue weighted by atomic mass is 35.5. The molecule has 2 aromatic carbocycles. The molecule has 0 heterocycles. The molecule has 0 aliphatic rings. The molecular formula is C15H11ClF2N2. The average Bonchev–Trinajstić information content (AvgIpc) is 2.42. The van der Waals surface area contributed by atoms with Crippen molar-refractivity contribution in [3.05, 3.63) is 64.2 Å². The van der Waals surface area contributed by atoms with Gasteiger partial charge in [-0.05, 0) is 30.7 Å². The van der Waals surface area contributed by atoms with Crippen molar-refractivity contribution in [3.63, 3.8) is 0 Å². The molecule has 0 bridgehead atoms. The summed E-state index contributed by atoms with van der Waals surface area (Å²) in [5, 5.41) is 11.9. The number of nitrogens with one attached hydrogen (secondary N) is 1. The monoisotopic (exact) mass is 292 g/mol. The zero-order valence-corrected chi connectivity index (χ0v) is 11.4. The molecule has 1 atom stereocenters. The van der Waals surface area contributed by atoms with Crippen molar-refractivity contribution < 1.29 is 8.78 Å². The maximum absolute atomic E-state index is 13.8. The van der Waals surface area contributed by atoms with Crippen LogP contribution in [0.15, 0.2) is 36.4 Å². The van der Waals surface area contributed by atoms with Crippen molar-refractivity contribution in [1.82, 2.24) is 0 Å². The SMILES string of the molecule is CC(Nc1c(F)cc(C#N)cc1F)c1ccccc1Cl. The fourth-order valence-corrected chi connectivity index (χ4v) is 2.20. The second kappa shape index (κ2) is 5.89. The Morgan fingerprint density at radius 2 is 1.80 bits per heavy atom. The number of nitriles is 1. The zero-order chi connectivity index (χ0) is 14.7. The van der Waals surface area contributed by atoms with Crippen LogP contribution in [0, 0.1) is 23.0 Å². The quantitative estimate of drug-likeness (QED) is 0.893. The molecule has 0 aromatic heterocycles. The molecule has 0 aliphatic heterocycles. The Balaban J connectivity index is 2.31. The third-order valence-electron chi connectivity index (χ3n) is 2.90. The molecule has 20 heavy (non-hydrogen) atoms. The lowest BCUT2D eigenvalue weighted by Gasteiger charge is -2.18. The maximum Gasteiger partial charge on any atom is 0.150 e. The number of hydrogen-bond acceptors (Lipinski definition) is 2. The van der Waals surface area contributed by atoms with Gasteiger partial charge in [0.05, 0.1) is 17.7 Å². The summed E-state index contributed by atoms with van der Waals surface area (Å²) >= 11 is 6.04. The summed E-state index contributed by atoms with van der Waals surface area (Å²) < 4.78 is 27.6. The second-order valence-electron chi connectivity index (χ2n) is 4.31. The number of anilines is 1. The van der Waals surface area contributed by atoms with E-state index in [9.17, 15) is 8.78 Å². The van der Waals surface area contributed by atoms with Crippen molar-refractivity contribution in [2.24, 2.45) is 0 Å². The van der Waals surface area contributed by atoms with Crippen LogP contribution < -0.4 is 5.32 Å². The zero-order valence-electron chi connectivity index (χ0n) is 10.6. The summed E-state index contributed by atoms with van der Waals surface area (Å²) in [7, 11) is 0. The van der Waals surface area contributed by atoms with E-state index in [2.05, 4.69) is 5.32 Å². The molecule has 1 N–H and O–H groups in total. The molecular weight excluding hydrogens is 282 g/mol. The highest BCUT2D eigenvalue weighted by Crippen LogP contribution is 2.28. The number of benzene rings is 2. The first kappa shape index (κ1) is 14.3. The van der Waals surface area contributed by atoms with E-state index in [0.29, 0.717) is 5.02 Å². The van der Waals surface area contributed by atoms with Gasteiger partial charge in [-0.1, -0.05) is 29.8 Å². The van der Waals surface area contributed by atoms with Crippen molar-refractivity contribution in [3.8, 4) is 6.07 Å². The van der Waals surface area contributed by atoms with Gasteiger partial charge in [-0.3, -0.25) is 0 Å². The van der Waals surface area contributed by atoms with E-state index in [-0.39, 0.29) is 17.3 Å². The standard InChI is InChI=1S/C15H11ClF2N2/c1-9(11-4-2-3-5-12(11)16)20-15-13(17)6-10(8-19)7-14(15)18/h2-7,9,20H,1H3. The molecule has 5 heteroatoms. The largest absolute Gasteiger partial charge is 0.374 e. The summed E-state index contributed by atoms with van der Waals surface area (Å²) in [5.41, 5.74) is 0.407. The van der Waals surface area contributed by atoms with Crippen LogP contribution in [0.4, 0.5) is 14.5 Å². The molecule has 102 valence electrons. The van der Waals surface area contributed by atoms with Crippen LogP contribution in [0.5, 0.6) is 0 Å². The summed E-state index contributed by atoms with van der Waals surface area (Å²) in [6.45, 7) is 1.75. The molecule has 2 nitrogen and oxygen atoms in total. The minimum atomic E-state index is -0.805. The summed E-state index contributed by atoms with van der Waals surface area (Å²) in [4.78, 5) is 0. The van der Waals surface area contributed by atoms with E-state index in [1.807, 2.05) is 0 Å². The molecule has 0 aliphatic carbocycles. The van der Waals surface area contributed by atoms with Gasteiger partial charge in [0.1, 0.15) is 5.69 Å². The number of hydrogen-bond donors (Lipinski definition) is 1. The molecule has 0 radical (unpaired) electrons. The van der Waals surface area contributed by atoms with E-state index in [1.165, 1.54) is 0 Å². The van der Waals surface area contributed by atoms with E-state index in [0.717, 1.165) is 17.7 Å². The molecule has 2 rings (SSSR count). The number of nitrogens with zero attached hydrogens (tertiary/aromatic N) is 1. The lowest BCUT2D eigenvalue weighted by Crippen LogP contribution is -2.10. The molecule has 1 unspecified atom stereocenters. The fraction of sp³-hybridized carbons (Fsp3) is 0.133.